The second kappa shape index (κ2) is 5.26. The smallest absolute Gasteiger partial charge is 0.354 e. The maximum atomic E-state index is 12.7. The lowest BCUT2D eigenvalue weighted by atomic mass is 10.0. The standard InChI is InChI=1S/C18H14F3NO/c1-10-7-11(2)16-14(9-23)17(22-15(16)8-10)12-3-5-13(6-4-12)18(19,20)21/h3-9,22H,1-2H3. The minimum absolute atomic E-state index is 0.470. The predicted octanol–water partition coefficient (Wildman–Crippen LogP) is 5.28. The van der Waals surface area contributed by atoms with Crippen LogP contribution in [0.25, 0.3) is 22.2 Å². The van der Waals surface area contributed by atoms with Crippen LogP contribution in [-0.4, -0.2) is 11.3 Å². The summed E-state index contributed by atoms with van der Waals surface area (Å²) in [4.78, 5) is 14.7. The lowest BCUT2D eigenvalue weighted by Crippen LogP contribution is -2.04. The number of aromatic amines is 1. The fraction of sp³-hybridized carbons (Fsp3) is 0.167. The van der Waals surface area contributed by atoms with Crippen molar-refractivity contribution in [1.82, 2.24) is 4.98 Å². The number of hydrogen-bond donors (Lipinski definition) is 1. The second-order valence-corrected chi connectivity index (χ2v) is 5.61. The average molecular weight is 317 g/mol. The molecule has 0 aliphatic heterocycles. The van der Waals surface area contributed by atoms with Gasteiger partial charge in [0, 0.05) is 16.5 Å². The molecule has 3 rings (SSSR count). The van der Waals surface area contributed by atoms with Crippen LogP contribution < -0.4 is 0 Å². The molecule has 0 bridgehead atoms. The Kier molecular flexibility index (Phi) is 3.51. The number of fused-ring (bicyclic) bond motifs is 1. The zero-order valence-corrected chi connectivity index (χ0v) is 12.6. The number of benzene rings is 2. The Labute approximate surface area is 130 Å². The van der Waals surface area contributed by atoms with Gasteiger partial charge < -0.3 is 4.98 Å². The normalized spacial score (nSPS) is 11.9. The number of rotatable bonds is 2. The first-order valence-corrected chi connectivity index (χ1v) is 7.07. The van der Waals surface area contributed by atoms with Gasteiger partial charge >= 0.3 is 6.18 Å². The van der Waals surface area contributed by atoms with E-state index in [4.69, 9.17) is 0 Å². The van der Waals surface area contributed by atoms with Gasteiger partial charge in [-0.2, -0.15) is 13.2 Å². The quantitative estimate of drug-likeness (QED) is 0.641. The van der Waals surface area contributed by atoms with Gasteiger partial charge in [-0.1, -0.05) is 18.2 Å². The van der Waals surface area contributed by atoms with Gasteiger partial charge in [0.2, 0.25) is 0 Å². The van der Waals surface area contributed by atoms with Crippen LogP contribution in [0.3, 0.4) is 0 Å². The van der Waals surface area contributed by atoms with Gasteiger partial charge in [0.15, 0.2) is 6.29 Å². The Hall–Kier alpha value is -2.56. The summed E-state index contributed by atoms with van der Waals surface area (Å²) in [6.45, 7) is 3.86. The molecule has 0 amide bonds. The van der Waals surface area contributed by atoms with Gasteiger partial charge in [0.05, 0.1) is 11.3 Å². The molecule has 1 N–H and O–H groups in total. The predicted molar refractivity (Wildman–Crippen MR) is 83.6 cm³/mol. The molecule has 1 heterocycles. The largest absolute Gasteiger partial charge is 0.416 e. The first-order chi connectivity index (χ1) is 10.8. The molecule has 0 unspecified atom stereocenters. The minimum Gasteiger partial charge on any atom is -0.354 e. The molecule has 118 valence electrons. The lowest BCUT2D eigenvalue weighted by molar-refractivity contribution is -0.137. The van der Waals surface area contributed by atoms with E-state index in [0.29, 0.717) is 16.8 Å². The Morgan fingerprint density at radius 2 is 1.70 bits per heavy atom. The fourth-order valence-electron chi connectivity index (χ4n) is 2.92. The molecule has 0 aliphatic rings. The summed E-state index contributed by atoms with van der Waals surface area (Å²) in [5.41, 5.74) is 3.66. The van der Waals surface area contributed by atoms with Crippen LogP contribution >= 0.6 is 0 Å². The minimum atomic E-state index is -4.37. The molecule has 0 radical (unpaired) electrons. The van der Waals surface area contributed by atoms with Crippen LogP contribution in [0.4, 0.5) is 13.2 Å². The third-order valence-corrected chi connectivity index (χ3v) is 3.90. The van der Waals surface area contributed by atoms with E-state index in [1.165, 1.54) is 12.1 Å². The van der Waals surface area contributed by atoms with Crippen molar-refractivity contribution < 1.29 is 18.0 Å². The van der Waals surface area contributed by atoms with Gasteiger partial charge in [0.25, 0.3) is 0 Å². The van der Waals surface area contributed by atoms with Crippen molar-refractivity contribution in [2.24, 2.45) is 0 Å². The van der Waals surface area contributed by atoms with E-state index in [1.807, 2.05) is 26.0 Å². The molecule has 0 atom stereocenters. The van der Waals surface area contributed by atoms with Gasteiger partial charge in [-0.05, 0) is 48.7 Å². The van der Waals surface area contributed by atoms with E-state index in [-0.39, 0.29) is 0 Å². The molecule has 2 nitrogen and oxygen atoms in total. The average Bonchev–Trinajstić information content (AvgIpc) is 2.85. The van der Waals surface area contributed by atoms with Crippen LogP contribution in [-0.2, 0) is 6.18 Å². The summed E-state index contributed by atoms with van der Waals surface area (Å²) in [5.74, 6) is 0. The SMILES string of the molecule is Cc1cc(C)c2c(C=O)c(-c3ccc(C(F)(F)F)cc3)[nH]c2c1. The molecule has 1 aromatic heterocycles. The van der Waals surface area contributed by atoms with Crippen LogP contribution in [0.15, 0.2) is 36.4 Å². The summed E-state index contributed by atoms with van der Waals surface area (Å²) in [6.07, 6.45) is -3.63. The number of carbonyl (C=O) groups is 1. The summed E-state index contributed by atoms with van der Waals surface area (Å²) < 4.78 is 38.0. The molecule has 23 heavy (non-hydrogen) atoms. The van der Waals surface area contributed by atoms with Crippen molar-refractivity contribution in [2.45, 2.75) is 20.0 Å². The lowest BCUT2D eigenvalue weighted by Gasteiger charge is -2.07. The van der Waals surface area contributed by atoms with Crippen molar-refractivity contribution in [2.75, 3.05) is 0 Å². The highest BCUT2D eigenvalue weighted by Crippen LogP contribution is 2.34. The number of halogens is 3. The van der Waals surface area contributed by atoms with Crippen molar-refractivity contribution in [3.05, 3.63) is 58.7 Å². The topological polar surface area (TPSA) is 32.9 Å². The highest BCUT2D eigenvalue weighted by Gasteiger charge is 2.30. The van der Waals surface area contributed by atoms with Gasteiger partial charge in [-0.15, -0.1) is 0 Å². The number of nitrogens with one attached hydrogen (secondary N) is 1. The monoisotopic (exact) mass is 317 g/mol. The van der Waals surface area contributed by atoms with E-state index in [0.717, 1.165) is 40.4 Å². The van der Waals surface area contributed by atoms with E-state index in [9.17, 15) is 18.0 Å². The first-order valence-electron chi connectivity index (χ1n) is 7.07. The van der Waals surface area contributed by atoms with Crippen molar-refractivity contribution in [1.29, 1.82) is 0 Å². The zero-order valence-electron chi connectivity index (χ0n) is 12.6. The van der Waals surface area contributed by atoms with Crippen molar-refractivity contribution in [3.63, 3.8) is 0 Å². The second-order valence-electron chi connectivity index (χ2n) is 5.61. The maximum Gasteiger partial charge on any atom is 0.416 e. The summed E-state index contributed by atoms with van der Waals surface area (Å²) >= 11 is 0. The van der Waals surface area contributed by atoms with E-state index < -0.39 is 11.7 Å². The number of alkyl halides is 3. The third kappa shape index (κ3) is 2.63. The van der Waals surface area contributed by atoms with Gasteiger partial charge in [-0.3, -0.25) is 4.79 Å². The Bertz CT molecular complexity index is 889. The summed E-state index contributed by atoms with van der Waals surface area (Å²) in [7, 11) is 0. The number of aromatic nitrogens is 1. The maximum absolute atomic E-state index is 12.7. The molecule has 2 aromatic carbocycles. The van der Waals surface area contributed by atoms with Crippen molar-refractivity contribution in [3.8, 4) is 11.3 Å². The molecule has 0 saturated carbocycles. The molecular formula is C18H14F3NO. The number of carbonyl (C=O) groups excluding carboxylic acids is 1. The van der Waals surface area contributed by atoms with Crippen LogP contribution in [0.2, 0.25) is 0 Å². The van der Waals surface area contributed by atoms with Crippen LogP contribution in [0.1, 0.15) is 27.0 Å². The summed E-state index contributed by atoms with van der Waals surface area (Å²) in [5, 5.41) is 0.806. The molecule has 0 saturated heterocycles. The molecule has 0 spiro atoms. The Morgan fingerprint density at radius 1 is 1.04 bits per heavy atom. The Morgan fingerprint density at radius 3 is 2.26 bits per heavy atom. The van der Waals surface area contributed by atoms with Gasteiger partial charge in [0.1, 0.15) is 0 Å². The fourth-order valence-corrected chi connectivity index (χ4v) is 2.92. The van der Waals surface area contributed by atoms with Crippen LogP contribution in [0, 0.1) is 13.8 Å². The molecule has 3 aromatic rings. The van der Waals surface area contributed by atoms with Crippen molar-refractivity contribution >= 4 is 17.2 Å². The number of hydrogen-bond acceptors (Lipinski definition) is 1. The summed E-state index contributed by atoms with van der Waals surface area (Å²) in [6, 6.07) is 8.69. The van der Waals surface area contributed by atoms with E-state index in [2.05, 4.69) is 4.98 Å². The number of aldehydes is 1. The highest BCUT2D eigenvalue weighted by atomic mass is 19.4. The van der Waals surface area contributed by atoms with E-state index in [1.54, 1.807) is 0 Å². The van der Waals surface area contributed by atoms with E-state index >= 15 is 0 Å². The third-order valence-electron chi connectivity index (χ3n) is 3.90. The zero-order chi connectivity index (χ0) is 16.8. The highest BCUT2D eigenvalue weighted by molar-refractivity contribution is 6.06. The number of H-pyrrole nitrogens is 1. The molecule has 0 aliphatic carbocycles. The number of aryl methyl sites for hydroxylation is 2. The Balaban J connectivity index is 2.20. The van der Waals surface area contributed by atoms with Crippen LogP contribution in [0.5, 0.6) is 0 Å². The molecule has 5 heteroatoms. The van der Waals surface area contributed by atoms with Gasteiger partial charge in [-0.25, -0.2) is 0 Å². The molecule has 0 fully saturated rings. The first kappa shape index (κ1) is 15.3. The molecular weight excluding hydrogens is 303 g/mol.